The van der Waals surface area contributed by atoms with Crippen LogP contribution in [0.2, 0.25) is 0 Å². The van der Waals surface area contributed by atoms with Crippen LogP contribution in [0.1, 0.15) is 15.9 Å². The van der Waals surface area contributed by atoms with Gasteiger partial charge >= 0.3 is 5.97 Å². The largest absolute Gasteiger partial charge is 0.478 e. The van der Waals surface area contributed by atoms with Crippen LogP contribution in [0.4, 0.5) is 15.8 Å². The molecule has 19 heavy (non-hydrogen) atoms. The summed E-state index contributed by atoms with van der Waals surface area (Å²) >= 11 is 0. The first-order chi connectivity index (χ1) is 9.06. The van der Waals surface area contributed by atoms with Crippen LogP contribution in [0.5, 0.6) is 0 Å². The molecule has 0 aromatic heterocycles. The second kappa shape index (κ2) is 5.39. The Labute approximate surface area is 109 Å². The molecule has 0 saturated carbocycles. The monoisotopic (exact) mass is 260 g/mol. The maximum Gasteiger partial charge on any atom is 0.337 e. The second-order valence-electron chi connectivity index (χ2n) is 4.09. The molecule has 4 nitrogen and oxygen atoms in total. The van der Waals surface area contributed by atoms with Crippen LogP contribution >= 0.6 is 0 Å². The van der Waals surface area contributed by atoms with Gasteiger partial charge in [0.05, 0.1) is 5.56 Å². The first-order valence-electron chi connectivity index (χ1n) is 5.67. The zero-order valence-corrected chi connectivity index (χ0v) is 10.1. The highest BCUT2D eigenvalue weighted by molar-refractivity contribution is 5.94. The van der Waals surface area contributed by atoms with E-state index >= 15 is 0 Å². The Bertz CT molecular complexity index is 614. The summed E-state index contributed by atoms with van der Waals surface area (Å²) in [5.74, 6) is -1.35. The average Bonchev–Trinajstić information content (AvgIpc) is 2.36. The van der Waals surface area contributed by atoms with Crippen LogP contribution < -0.4 is 11.1 Å². The van der Waals surface area contributed by atoms with Gasteiger partial charge in [-0.15, -0.1) is 0 Å². The molecule has 2 aromatic rings. The molecule has 2 aromatic carbocycles. The van der Waals surface area contributed by atoms with Crippen molar-refractivity contribution in [1.82, 2.24) is 0 Å². The number of rotatable bonds is 4. The van der Waals surface area contributed by atoms with Gasteiger partial charge in [-0.3, -0.25) is 0 Å². The van der Waals surface area contributed by atoms with Crippen molar-refractivity contribution in [3.63, 3.8) is 0 Å². The highest BCUT2D eigenvalue weighted by Gasteiger charge is 2.07. The van der Waals surface area contributed by atoms with E-state index in [4.69, 9.17) is 10.8 Å². The minimum absolute atomic E-state index is 0.0660. The van der Waals surface area contributed by atoms with Crippen LogP contribution in [0.3, 0.4) is 0 Å². The van der Waals surface area contributed by atoms with Gasteiger partial charge in [0.2, 0.25) is 0 Å². The summed E-state index contributed by atoms with van der Waals surface area (Å²) in [6.07, 6.45) is 0. The highest BCUT2D eigenvalue weighted by Crippen LogP contribution is 2.18. The first-order valence-corrected chi connectivity index (χ1v) is 5.67. The van der Waals surface area contributed by atoms with Gasteiger partial charge in [0.15, 0.2) is 0 Å². The van der Waals surface area contributed by atoms with Gasteiger partial charge in [0, 0.05) is 17.9 Å². The molecule has 0 spiro atoms. The molecule has 5 heteroatoms. The number of nitrogens with two attached hydrogens (primary N) is 1. The summed E-state index contributed by atoms with van der Waals surface area (Å²) in [6.45, 7) is 0.434. The maximum absolute atomic E-state index is 13.0. The molecule has 0 heterocycles. The molecule has 0 aliphatic rings. The molecule has 2 rings (SSSR count). The number of hydrogen-bond acceptors (Lipinski definition) is 3. The van der Waals surface area contributed by atoms with E-state index in [2.05, 4.69) is 5.32 Å². The third-order valence-corrected chi connectivity index (χ3v) is 2.67. The summed E-state index contributed by atoms with van der Waals surface area (Å²) in [5.41, 5.74) is 7.37. The normalized spacial score (nSPS) is 10.2. The third kappa shape index (κ3) is 3.22. The summed E-state index contributed by atoms with van der Waals surface area (Å²) in [5, 5.41) is 11.9. The molecule has 0 saturated heterocycles. The van der Waals surface area contributed by atoms with Crippen molar-refractivity contribution in [2.45, 2.75) is 6.54 Å². The Balaban J connectivity index is 2.08. The van der Waals surface area contributed by atoms with Crippen LogP contribution in [0, 0.1) is 5.82 Å². The lowest BCUT2D eigenvalue weighted by atomic mass is 10.1. The molecule has 0 fully saturated rings. The quantitative estimate of drug-likeness (QED) is 0.739. The van der Waals surface area contributed by atoms with Crippen LogP contribution in [-0.2, 0) is 6.54 Å². The van der Waals surface area contributed by atoms with E-state index < -0.39 is 5.97 Å². The van der Waals surface area contributed by atoms with Crippen molar-refractivity contribution in [2.24, 2.45) is 0 Å². The fraction of sp³-hybridized carbons (Fsp3) is 0.0714. The van der Waals surface area contributed by atoms with E-state index in [9.17, 15) is 9.18 Å². The molecule has 0 unspecified atom stereocenters. The van der Waals surface area contributed by atoms with Crippen LogP contribution in [-0.4, -0.2) is 11.1 Å². The number of carboxylic acid groups (broad SMARTS) is 1. The standard InChI is InChI=1S/C14H13FN2O2/c15-10-3-1-2-9(6-10)8-17-11-4-5-12(14(18)19)13(16)7-11/h1-7,17H,8,16H2,(H,18,19). The van der Waals surface area contributed by atoms with E-state index in [0.717, 1.165) is 5.56 Å². The molecule has 0 bridgehead atoms. The molecule has 0 radical (unpaired) electrons. The number of carboxylic acids is 1. The highest BCUT2D eigenvalue weighted by atomic mass is 19.1. The number of aromatic carboxylic acids is 1. The summed E-state index contributed by atoms with van der Waals surface area (Å²) in [4.78, 5) is 10.8. The van der Waals surface area contributed by atoms with Crippen LogP contribution in [0.15, 0.2) is 42.5 Å². The number of hydrogen-bond donors (Lipinski definition) is 3. The predicted molar refractivity (Wildman–Crippen MR) is 71.5 cm³/mol. The van der Waals surface area contributed by atoms with Crippen LogP contribution in [0.25, 0.3) is 0 Å². The molecule has 98 valence electrons. The first kappa shape index (κ1) is 12.9. The lowest BCUT2D eigenvalue weighted by Crippen LogP contribution is -2.04. The lowest BCUT2D eigenvalue weighted by molar-refractivity contribution is 0.0698. The van der Waals surface area contributed by atoms with E-state index in [1.807, 2.05) is 0 Å². The molecule has 0 amide bonds. The average molecular weight is 260 g/mol. The second-order valence-corrected chi connectivity index (χ2v) is 4.09. The molecule has 0 atom stereocenters. The van der Waals surface area contributed by atoms with Crippen molar-refractivity contribution in [2.75, 3.05) is 11.1 Å². The van der Waals surface area contributed by atoms with Crippen molar-refractivity contribution >= 4 is 17.3 Å². The zero-order chi connectivity index (χ0) is 13.8. The Morgan fingerprint density at radius 1 is 1.26 bits per heavy atom. The van der Waals surface area contributed by atoms with Crippen molar-refractivity contribution < 1.29 is 14.3 Å². The predicted octanol–water partition coefficient (Wildman–Crippen LogP) is 2.72. The van der Waals surface area contributed by atoms with E-state index in [0.29, 0.717) is 12.2 Å². The number of halogens is 1. The SMILES string of the molecule is Nc1cc(NCc2cccc(F)c2)ccc1C(=O)O. The van der Waals surface area contributed by atoms with Gasteiger partial charge in [-0.05, 0) is 35.9 Å². The Morgan fingerprint density at radius 2 is 2.05 bits per heavy atom. The third-order valence-electron chi connectivity index (χ3n) is 2.67. The van der Waals surface area contributed by atoms with Crippen molar-refractivity contribution in [3.05, 3.63) is 59.4 Å². The van der Waals surface area contributed by atoms with E-state index in [1.165, 1.54) is 18.2 Å². The minimum Gasteiger partial charge on any atom is -0.478 e. The Hall–Kier alpha value is -2.56. The summed E-state index contributed by atoms with van der Waals surface area (Å²) in [6, 6.07) is 10.8. The van der Waals surface area contributed by atoms with Crippen molar-refractivity contribution in [3.8, 4) is 0 Å². The Kier molecular flexibility index (Phi) is 3.66. The molecule has 0 aliphatic carbocycles. The number of carbonyl (C=O) groups is 1. The van der Waals surface area contributed by atoms with Gasteiger partial charge in [-0.1, -0.05) is 12.1 Å². The van der Waals surface area contributed by atoms with Gasteiger partial charge in [-0.2, -0.15) is 0 Å². The van der Waals surface area contributed by atoms with Gasteiger partial charge in [0.25, 0.3) is 0 Å². The van der Waals surface area contributed by atoms with Crippen molar-refractivity contribution in [1.29, 1.82) is 0 Å². The van der Waals surface area contributed by atoms with Gasteiger partial charge in [-0.25, -0.2) is 9.18 Å². The lowest BCUT2D eigenvalue weighted by Gasteiger charge is -2.08. The van der Waals surface area contributed by atoms with Gasteiger partial charge < -0.3 is 16.2 Å². The fourth-order valence-electron chi connectivity index (χ4n) is 1.72. The number of nitrogen functional groups attached to an aromatic ring is 1. The fourth-order valence-corrected chi connectivity index (χ4v) is 1.72. The minimum atomic E-state index is -1.06. The number of benzene rings is 2. The van der Waals surface area contributed by atoms with Gasteiger partial charge in [0.1, 0.15) is 5.82 Å². The molecule has 4 N–H and O–H groups in total. The molecule has 0 aliphatic heterocycles. The smallest absolute Gasteiger partial charge is 0.337 e. The topological polar surface area (TPSA) is 75.3 Å². The Morgan fingerprint density at radius 3 is 2.68 bits per heavy atom. The summed E-state index contributed by atoms with van der Waals surface area (Å²) in [7, 11) is 0. The summed E-state index contributed by atoms with van der Waals surface area (Å²) < 4.78 is 13.0. The molecular formula is C14H13FN2O2. The maximum atomic E-state index is 13.0. The number of anilines is 2. The number of nitrogens with one attached hydrogen (secondary N) is 1. The van der Waals surface area contributed by atoms with E-state index in [1.54, 1.807) is 24.3 Å². The molecular weight excluding hydrogens is 247 g/mol. The zero-order valence-electron chi connectivity index (χ0n) is 10.1. The van der Waals surface area contributed by atoms with E-state index in [-0.39, 0.29) is 17.1 Å².